The molecule has 0 radical (unpaired) electrons. The summed E-state index contributed by atoms with van der Waals surface area (Å²) in [7, 11) is 0. The molecule has 2 aromatic rings. The van der Waals surface area contributed by atoms with Gasteiger partial charge in [-0.3, -0.25) is 4.79 Å². The first-order chi connectivity index (χ1) is 13.6. The number of esters is 1. The van der Waals surface area contributed by atoms with Gasteiger partial charge in [0.1, 0.15) is 6.10 Å². The van der Waals surface area contributed by atoms with Crippen LogP contribution in [0.15, 0.2) is 64.8 Å². The Bertz CT molecular complexity index is 972. The normalized spacial score (nSPS) is 23.3. The van der Waals surface area contributed by atoms with Crippen LogP contribution < -0.4 is 5.32 Å². The number of hydrogen-bond acceptors (Lipinski definition) is 6. The molecule has 2 atom stereocenters. The fourth-order valence-corrected chi connectivity index (χ4v) is 4.13. The van der Waals surface area contributed by atoms with Crippen LogP contribution in [-0.2, 0) is 22.4 Å². The standard InChI is InChI=1S/C21H19N3O3S/c1-13(17-12-15-9-5-6-10-16(15)20(26)27-17)23-24-21-22-19(25)18(28-21)11-14-7-3-2-4-8-14/h2-10,17-18H,11-12H2,1H3,(H,22,24,25)/b23-13-/t17-,18+/m1/s1. The Morgan fingerprint density at radius 2 is 1.89 bits per heavy atom. The molecule has 0 saturated carbocycles. The molecule has 1 amide bonds. The molecule has 28 heavy (non-hydrogen) atoms. The van der Waals surface area contributed by atoms with Crippen LogP contribution in [0.5, 0.6) is 0 Å². The average molecular weight is 393 g/mol. The highest BCUT2D eigenvalue weighted by molar-refractivity contribution is 8.15. The molecule has 2 aliphatic rings. The maximum absolute atomic E-state index is 12.2. The van der Waals surface area contributed by atoms with E-state index in [0.717, 1.165) is 11.1 Å². The van der Waals surface area contributed by atoms with E-state index >= 15 is 0 Å². The summed E-state index contributed by atoms with van der Waals surface area (Å²) < 4.78 is 5.48. The summed E-state index contributed by atoms with van der Waals surface area (Å²) in [5, 5.41) is 11.4. The molecule has 142 valence electrons. The minimum Gasteiger partial charge on any atom is -0.452 e. The summed E-state index contributed by atoms with van der Waals surface area (Å²) in [6.07, 6.45) is 0.753. The van der Waals surface area contributed by atoms with E-state index < -0.39 is 6.10 Å². The van der Waals surface area contributed by atoms with E-state index in [9.17, 15) is 9.59 Å². The second kappa shape index (κ2) is 7.98. The minimum absolute atomic E-state index is 0.0709. The number of nitrogens with zero attached hydrogens (tertiary/aromatic N) is 2. The number of hydrogen-bond donors (Lipinski definition) is 1. The monoisotopic (exact) mass is 393 g/mol. The van der Waals surface area contributed by atoms with E-state index in [1.165, 1.54) is 11.8 Å². The second-order valence-corrected chi connectivity index (χ2v) is 7.88. The van der Waals surface area contributed by atoms with Crippen molar-refractivity contribution in [3.63, 3.8) is 0 Å². The number of benzene rings is 2. The van der Waals surface area contributed by atoms with Crippen LogP contribution in [0.2, 0.25) is 0 Å². The largest absolute Gasteiger partial charge is 0.452 e. The number of cyclic esters (lactones) is 1. The lowest BCUT2D eigenvalue weighted by Gasteiger charge is -2.23. The van der Waals surface area contributed by atoms with Gasteiger partial charge in [-0.1, -0.05) is 60.3 Å². The van der Waals surface area contributed by atoms with Crippen molar-refractivity contribution in [2.45, 2.75) is 31.1 Å². The molecule has 1 N–H and O–H groups in total. The van der Waals surface area contributed by atoms with Gasteiger partial charge < -0.3 is 10.1 Å². The molecule has 2 aliphatic heterocycles. The van der Waals surface area contributed by atoms with E-state index in [1.54, 1.807) is 13.0 Å². The number of rotatable bonds is 4. The molecular formula is C21H19N3O3S. The van der Waals surface area contributed by atoms with Crippen molar-refractivity contribution in [2.75, 3.05) is 0 Å². The van der Waals surface area contributed by atoms with E-state index in [-0.39, 0.29) is 17.1 Å². The Morgan fingerprint density at radius 1 is 1.14 bits per heavy atom. The number of carbonyl (C=O) groups excluding carboxylic acids is 2. The molecule has 4 rings (SSSR count). The number of amides is 1. The first-order valence-corrected chi connectivity index (χ1v) is 9.90. The van der Waals surface area contributed by atoms with Gasteiger partial charge in [-0.25, -0.2) is 4.79 Å². The van der Waals surface area contributed by atoms with Gasteiger partial charge in [0, 0.05) is 6.42 Å². The fraction of sp³-hybridized carbons (Fsp3) is 0.238. The zero-order chi connectivity index (χ0) is 19.5. The van der Waals surface area contributed by atoms with E-state index in [4.69, 9.17) is 4.74 Å². The summed E-state index contributed by atoms with van der Waals surface area (Å²) in [5.41, 5.74) is 3.23. The van der Waals surface area contributed by atoms with Crippen molar-refractivity contribution in [3.05, 3.63) is 71.3 Å². The van der Waals surface area contributed by atoms with Crippen LogP contribution in [-0.4, -0.2) is 34.1 Å². The van der Waals surface area contributed by atoms with Crippen molar-refractivity contribution in [2.24, 2.45) is 10.2 Å². The third-order valence-corrected chi connectivity index (χ3v) is 5.77. The molecule has 0 bridgehead atoms. The number of fused-ring (bicyclic) bond motifs is 1. The molecule has 0 unspecified atom stereocenters. The van der Waals surface area contributed by atoms with Gasteiger partial charge in [-0.05, 0) is 30.5 Å². The highest BCUT2D eigenvalue weighted by Crippen LogP contribution is 2.24. The summed E-state index contributed by atoms with van der Waals surface area (Å²) in [4.78, 5) is 24.3. The summed E-state index contributed by atoms with van der Waals surface area (Å²) in [6.45, 7) is 1.78. The SMILES string of the molecule is C/C(=N/N=C1\NC(=O)[C@H](Cc2ccccc2)S1)[C@H]1Cc2ccccc2C(=O)O1. The second-order valence-electron chi connectivity index (χ2n) is 6.69. The molecule has 7 heteroatoms. The maximum Gasteiger partial charge on any atom is 0.339 e. The molecule has 2 aromatic carbocycles. The van der Waals surface area contributed by atoms with Crippen LogP contribution in [0, 0.1) is 0 Å². The lowest BCUT2D eigenvalue weighted by atomic mass is 9.97. The molecule has 0 aromatic heterocycles. The van der Waals surface area contributed by atoms with Crippen LogP contribution in [0.4, 0.5) is 0 Å². The van der Waals surface area contributed by atoms with Gasteiger partial charge in [-0.2, -0.15) is 5.10 Å². The maximum atomic E-state index is 12.2. The molecule has 0 spiro atoms. The van der Waals surface area contributed by atoms with Crippen LogP contribution in [0.3, 0.4) is 0 Å². The predicted octanol–water partition coefficient (Wildman–Crippen LogP) is 2.97. The number of amidine groups is 1. The molecule has 6 nitrogen and oxygen atoms in total. The Labute approximate surface area is 167 Å². The van der Waals surface area contributed by atoms with E-state index in [2.05, 4.69) is 15.5 Å². The fourth-order valence-electron chi connectivity index (χ4n) is 3.17. The lowest BCUT2D eigenvalue weighted by molar-refractivity contribution is -0.118. The van der Waals surface area contributed by atoms with Gasteiger partial charge in [0.15, 0.2) is 5.17 Å². The summed E-state index contributed by atoms with van der Waals surface area (Å²) >= 11 is 1.37. The van der Waals surface area contributed by atoms with Gasteiger partial charge in [0.2, 0.25) is 5.91 Å². The van der Waals surface area contributed by atoms with Crippen LogP contribution in [0.25, 0.3) is 0 Å². The van der Waals surface area contributed by atoms with Crippen molar-refractivity contribution < 1.29 is 14.3 Å². The third-order valence-electron chi connectivity index (χ3n) is 4.70. The average Bonchev–Trinajstić information content (AvgIpc) is 3.06. The van der Waals surface area contributed by atoms with Gasteiger partial charge in [-0.15, -0.1) is 5.10 Å². The van der Waals surface area contributed by atoms with Gasteiger partial charge in [0.25, 0.3) is 0 Å². The zero-order valence-electron chi connectivity index (χ0n) is 15.3. The third kappa shape index (κ3) is 3.99. The van der Waals surface area contributed by atoms with Gasteiger partial charge >= 0.3 is 5.97 Å². The number of carbonyl (C=O) groups is 2. The van der Waals surface area contributed by atoms with Crippen molar-refractivity contribution >= 4 is 34.5 Å². The van der Waals surface area contributed by atoms with E-state index in [1.807, 2.05) is 48.5 Å². The number of thioether (sulfide) groups is 1. The molecule has 0 aliphatic carbocycles. The predicted molar refractivity (Wildman–Crippen MR) is 110 cm³/mol. The van der Waals surface area contributed by atoms with Crippen molar-refractivity contribution in [3.8, 4) is 0 Å². The smallest absolute Gasteiger partial charge is 0.339 e. The lowest BCUT2D eigenvalue weighted by Crippen LogP contribution is -2.33. The molecular weight excluding hydrogens is 374 g/mol. The van der Waals surface area contributed by atoms with Crippen LogP contribution >= 0.6 is 11.8 Å². The molecule has 1 fully saturated rings. The quantitative estimate of drug-likeness (QED) is 0.492. The van der Waals surface area contributed by atoms with Crippen LogP contribution in [0.1, 0.15) is 28.4 Å². The first-order valence-electron chi connectivity index (χ1n) is 9.02. The Kier molecular flexibility index (Phi) is 5.25. The highest BCUT2D eigenvalue weighted by atomic mass is 32.2. The van der Waals surface area contributed by atoms with Crippen molar-refractivity contribution in [1.29, 1.82) is 0 Å². The summed E-state index contributed by atoms with van der Waals surface area (Å²) in [6, 6.07) is 17.3. The van der Waals surface area contributed by atoms with Crippen molar-refractivity contribution in [1.82, 2.24) is 5.32 Å². The Balaban J connectivity index is 1.43. The van der Waals surface area contributed by atoms with E-state index in [0.29, 0.717) is 29.3 Å². The molecule has 1 saturated heterocycles. The zero-order valence-corrected chi connectivity index (χ0v) is 16.1. The minimum atomic E-state index is -0.450. The van der Waals surface area contributed by atoms with Gasteiger partial charge in [0.05, 0.1) is 16.5 Å². The molecule has 2 heterocycles. The highest BCUT2D eigenvalue weighted by Gasteiger charge is 2.31. The first kappa shape index (κ1) is 18.4. The number of ether oxygens (including phenoxy) is 1. The summed E-state index contributed by atoms with van der Waals surface area (Å²) in [5.74, 6) is -0.418. The number of nitrogens with one attached hydrogen (secondary N) is 1. The Hall–Kier alpha value is -2.93. The Morgan fingerprint density at radius 3 is 2.71 bits per heavy atom. The topological polar surface area (TPSA) is 80.1 Å².